The number of aliphatic hydroxyl groups excluding tert-OH is 1. The Labute approximate surface area is 136 Å². The molecule has 0 fully saturated rings. The molecule has 0 aliphatic carbocycles. The molecule has 2 aromatic rings. The molecule has 4 nitrogen and oxygen atoms in total. The van der Waals surface area contributed by atoms with E-state index in [4.69, 9.17) is 9.47 Å². The summed E-state index contributed by atoms with van der Waals surface area (Å²) < 4.78 is 24.0. The summed E-state index contributed by atoms with van der Waals surface area (Å²) in [6, 6.07) is 12.1. The number of nitrogens with zero attached hydrogens (tertiary/aromatic N) is 1. The van der Waals surface area contributed by atoms with Crippen molar-refractivity contribution in [2.75, 3.05) is 27.4 Å². The topological polar surface area (TPSA) is 41.9 Å². The summed E-state index contributed by atoms with van der Waals surface area (Å²) in [5.41, 5.74) is 1.82. The first kappa shape index (κ1) is 17.2. The lowest BCUT2D eigenvalue weighted by atomic mass is 10.1. The van der Waals surface area contributed by atoms with Gasteiger partial charge in [-0.3, -0.25) is 4.90 Å². The smallest absolute Gasteiger partial charge is 0.123 e. The van der Waals surface area contributed by atoms with Gasteiger partial charge in [-0.05, 0) is 35.9 Å². The minimum absolute atomic E-state index is 0.0294. The molecule has 2 rings (SSSR count). The van der Waals surface area contributed by atoms with Crippen LogP contribution in [0.15, 0.2) is 42.5 Å². The maximum atomic E-state index is 13.3. The van der Waals surface area contributed by atoms with Crippen LogP contribution >= 0.6 is 0 Å². The second-order valence-electron chi connectivity index (χ2n) is 5.24. The predicted octanol–water partition coefficient (Wildman–Crippen LogP) is 2.84. The van der Waals surface area contributed by atoms with Crippen molar-refractivity contribution in [3.63, 3.8) is 0 Å². The first-order valence-corrected chi connectivity index (χ1v) is 7.45. The average Bonchev–Trinajstić information content (AvgIpc) is 2.55. The standard InChI is InChI=1S/C18H22FNO3/c1-22-17-6-7-18(23-2)15(11-17)13-20(8-9-21)12-14-4-3-5-16(19)10-14/h3-7,10-11,21H,8-9,12-13H2,1-2H3. The molecule has 0 radical (unpaired) electrons. The third kappa shape index (κ3) is 4.94. The van der Waals surface area contributed by atoms with Gasteiger partial charge in [-0.1, -0.05) is 12.1 Å². The largest absolute Gasteiger partial charge is 0.497 e. The first-order valence-electron chi connectivity index (χ1n) is 7.45. The van der Waals surface area contributed by atoms with Gasteiger partial charge in [0.15, 0.2) is 0 Å². The molecule has 0 saturated carbocycles. The van der Waals surface area contributed by atoms with Gasteiger partial charge >= 0.3 is 0 Å². The minimum Gasteiger partial charge on any atom is -0.497 e. The summed E-state index contributed by atoms with van der Waals surface area (Å²) in [6.07, 6.45) is 0. The van der Waals surface area contributed by atoms with Gasteiger partial charge < -0.3 is 14.6 Å². The zero-order valence-corrected chi connectivity index (χ0v) is 13.5. The molecule has 2 aromatic carbocycles. The van der Waals surface area contributed by atoms with Gasteiger partial charge in [-0.2, -0.15) is 0 Å². The quantitative estimate of drug-likeness (QED) is 0.812. The summed E-state index contributed by atoms with van der Waals surface area (Å²) in [6.45, 7) is 1.62. The van der Waals surface area contributed by atoms with Crippen LogP contribution in [-0.4, -0.2) is 37.4 Å². The van der Waals surface area contributed by atoms with E-state index >= 15 is 0 Å². The minimum atomic E-state index is -0.259. The highest BCUT2D eigenvalue weighted by atomic mass is 19.1. The Morgan fingerprint density at radius 3 is 2.52 bits per heavy atom. The number of aliphatic hydroxyl groups is 1. The van der Waals surface area contributed by atoms with Crippen LogP contribution in [-0.2, 0) is 13.1 Å². The van der Waals surface area contributed by atoms with Gasteiger partial charge in [0.1, 0.15) is 17.3 Å². The van der Waals surface area contributed by atoms with Gasteiger partial charge in [0.05, 0.1) is 20.8 Å². The summed E-state index contributed by atoms with van der Waals surface area (Å²) >= 11 is 0. The van der Waals surface area contributed by atoms with Gasteiger partial charge in [0.25, 0.3) is 0 Å². The molecule has 0 aliphatic heterocycles. The number of hydrogen-bond acceptors (Lipinski definition) is 4. The maximum Gasteiger partial charge on any atom is 0.123 e. The fourth-order valence-corrected chi connectivity index (χ4v) is 2.50. The van der Waals surface area contributed by atoms with Gasteiger partial charge in [-0.25, -0.2) is 4.39 Å². The molecule has 0 aliphatic rings. The molecule has 5 heteroatoms. The van der Waals surface area contributed by atoms with Crippen LogP contribution in [0.3, 0.4) is 0 Å². The van der Waals surface area contributed by atoms with Crippen LogP contribution in [0, 0.1) is 5.82 Å². The number of methoxy groups -OCH3 is 2. The number of halogens is 1. The average molecular weight is 319 g/mol. The molecular formula is C18H22FNO3. The summed E-state index contributed by atoms with van der Waals surface area (Å²) in [5, 5.41) is 9.30. The Hall–Kier alpha value is -2.11. The van der Waals surface area contributed by atoms with Crippen molar-refractivity contribution < 1.29 is 19.0 Å². The third-order valence-corrected chi connectivity index (χ3v) is 3.59. The Morgan fingerprint density at radius 2 is 1.87 bits per heavy atom. The number of rotatable bonds is 8. The molecule has 1 N–H and O–H groups in total. The van der Waals surface area contributed by atoms with E-state index in [-0.39, 0.29) is 12.4 Å². The van der Waals surface area contributed by atoms with Crippen LogP contribution in [0.4, 0.5) is 4.39 Å². The highest BCUT2D eigenvalue weighted by Crippen LogP contribution is 2.25. The third-order valence-electron chi connectivity index (χ3n) is 3.59. The van der Waals surface area contributed by atoms with Crippen molar-refractivity contribution in [2.24, 2.45) is 0 Å². The lowest BCUT2D eigenvalue weighted by Crippen LogP contribution is -2.26. The normalized spacial score (nSPS) is 10.8. The molecule has 124 valence electrons. The molecular weight excluding hydrogens is 297 g/mol. The van der Waals surface area contributed by atoms with Crippen molar-refractivity contribution in [1.82, 2.24) is 4.90 Å². The monoisotopic (exact) mass is 319 g/mol. The fraction of sp³-hybridized carbons (Fsp3) is 0.333. The zero-order valence-electron chi connectivity index (χ0n) is 13.5. The van der Waals surface area contributed by atoms with Crippen molar-refractivity contribution in [3.05, 3.63) is 59.4 Å². The molecule has 0 bridgehead atoms. The van der Waals surface area contributed by atoms with Crippen LogP contribution in [0.25, 0.3) is 0 Å². The first-order chi connectivity index (χ1) is 11.2. The summed E-state index contributed by atoms with van der Waals surface area (Å²) in [7, 11) is 3.23. The fourth-order valence-electron chi connectivity index (χ4n) is 2.50. The molecule has 0 unspecified atom stereocenters. The highest BCUT2D eigenvalue weighted by molar-refractivity contribution is 5.40. The van der Waals surface area contributed by atoms with E-state index in [1.165, 1.54) is 12.1 Å². The Bertz CT molecular complexity index is 633. The Kier molecular flexibility index (Phi) is 6.38. The summed E-state index contributed by atoms with van der Waals surface area (Å²) in [5.74, 6) is 1.24. The van der Waals surface area contributed by atoms with Gasteiger partial charge in [0.2, 0.25) is 0 Å². The van der Waals surface area contributed by atoms with Crippen molar-refractivity contribution in [1.29, 1.82) is 0 Å². The van der Waals surface area contributed by atoms with Gasteiger partial charge in [-0.15, -0.1) is 0 Å². The second-order valence-corrected chi connectivity index (χ2v) is 5.24. The van der Waals surface area contributed by atoms with E-state index < -0.39 is 0 Å². The lowest BCUT2D eigenvalue weighted by Gasteiger charge is -2.23. The van der Waals surface area contributed by atoms with E-state index in [0.717, 1.165) is 22.6 Å². The molecule has 0 amide bonds. The van der Waals surface area contributed by atoms with E-state index in [1.54, 1.807) is 20.3 Å². The molecule has 0 spiro atoms. The Morgan fingerprint density at radius 1 is 1.04 bits per heavy atom. The Balaban J connectivity index is 2.18. The second kappa shape index (κ2) is 8.50. The van der Waals surface area contributed by atoms with Crippen molar-refractivity contribution in [2.45, 2.75) is 13.1 Å². The number of ether oxygens (including phenoxy) is 2. The van der Waals surface area contributed by atoms with Crippen LogP contribution in [0.2, 0.25) is 0 Å². The number of hydrogen-bond donors (Lipinski definition) is 1. The molecule has 0 aromatic heterocycles. The highest BCUT2D eigenvalue weighted by Gasteiger charge is 2.12. The SMILES string of the molecule is COc1ccc(OC)c(CN(CCO)Cc2cccc(F)c2)c1. The van der Waals surface area contributed by atoms with E-state index in [0.29, 0.717) is 19.6 Å². The number of benzene rings is 2. The molecule has 0 saturated heterocycles. The molecule has 0 atom stereocenters. The predicted molar refractivity (Wildman–Crippen MR) is 87.1 cm³/mol. The van der Waals surface area contributed by atoms with Crippen LogP contribution < -0.4 is 9.47 Å². The summed E-state index contributed by atoms with van der Waals surface area (Å²) in [4.78, 5) is 2.03. The van der Waals surface area contributed by atoms with Crippen molar-refractivity contribution >= 4 is 0 Å². The van der Waals surface area contributed by atoms with E-state index in [1.807, 2.05) is 29.2 Å². The van der Waals surface area contributed by atoms with Crippen molar-refractivity contribution in [3.8, 4) is 11.5 Å². The van der Waals surface area contributed by atoms with Gasteiger partial charge in [0, 0.05) is 25.2 Å². The van der Waals surface area contributed by atoms with Crippen LogP contribution in [0.1, 0.15) is 11.1 Å². The lowest BCUT2D eigenvalue weighted by molar-refractivity contribution is 0.182. The maximum absolute atomic E-state index is 13.3. The van der Waals surface area contributed by atoms with Crippen LogP contribution in [0.5, 0.6) is 11.5 Å². The molecule has 0 heterocycles. The van der Waals surface area contributed by atoms with E-state index in [2.05, 4.69) is 0 Å². The molecule has 23 heavy (non-hydrogen) atoms. The van der Waals surface area contributed by atoms with E-state index in [9.17, 15) is 9.50 Å². The zero-order chi connectivity index (χ0) is 16.7.